The van der Waals surface area contributed by atoms with Crippen molar-refractivity contribution < 1.29 is 9.30 Å². The topological polar surface area (TPSA) is 48.2 Å². The number of para-hydroxylation sites is 4. The van der Waals surface area contributed by atoms with Gasteiger partial charge in [-0.1, -0.05) is 121 Å². The summed E-state index contributed by atoms with van der Waals surface area (Å²) in [5.41, 5.74) is 15.3. The Morgan fingerprint density at radius 2 is 1.18 bits per heavy atom. The van der Waals surface area contributed by atoms with Crippen molar-refractivity contribution in [2.24, 2.45) is 4.99 Å². The molecule has 8 aromatic carbocycles. The minimum atomic E-state index is 0.738. The standard InChI is InChI=1S/C56H40N5O/c1-39-34-43(40-30-32-57-33-31-40)26-29-51(39)58-37-59-52-23-9-8-20-49(52)50-28-27-46(36-55(50)59)62-45-19-12-18-44(35-45)60-38-61(54-25-11-10-24-53(54)60)56-47(41-14-4-2-5-15-41)21-13-22-48(56)42-16-6-3-7-17-42/h2-38H,1H3/q+1/b58-37+. The van der Waals surface area contributed by atoms with Gasteiger partial charge < -0.3 is 4.74 Å². The second-order valence-corrected chi connectivity index (χ2v) is 15.4. The van der Waals surface area contributed by atoms with Crippen molar-refractivity contribution in [3.05, 3.63) is 224 Å². The van der Waals surface area contributed by atoms with E-state index in [0.29, 0.717) is 0 Å². The maximum atomic E-state index is 6.71. The van der Waals surface area contributed by atoms with Gasteiger partial charge >= 0.3 is 0 Å². The van der Waals surface area contributed by atoms with E-state index in [4.69, 9.17) is 9.73 Å². The fourth-order valence-corrected chi connectivity index (χ4v) is 8.64. The molecule has 0 unspecified atom stereocenters. The Balaban J connectivity index is 0.970. The van der Waals surface area contributed by atoms with E-state index < -0.39 is 0 Å². The van der Waals surface area contributed by atoms with Crippen molar-refractivity contribution in [1.29, 1.82) is 0 Å². The molecule has 0 fully saturated rings. The van der Waals surface area contributed by atoms with Gasteiger partial charge in [-0.25, -0.2) is 4.99 Å². The lowest BCUT2D eigenvalue weighted by atomic mass is 9.95. The Kier molecular flexibility index (Phi) is 9.28. The molecule has 0 N–H and O–H groups in total. The molecule has 11 aromatic rings. The van der Waals surface area contributed by atoms with Crippen molar-refractivity contribution in [2.45, 2.75) is 6.92 Å². The van der Waals surface area contributed by atoms with Gasteiger partial charge in [0, 0.05) is 46.4 Å². The maximum absolute atomic E-state index is 6.71. The molecule has 0 spiro atoms. The first-order chi connectivity index (χ1) is 30.7. The zero-order chi connectivity index (χ0) is 41.4. The summed E-state index contributed by atoms with van der Waals surface area (Å²) in [5.74, 6) is 1.48. The third-order valence-corrected chi connectivity index (χ3v) is 11.6. The van der Waals surface area contributed by atoms with Crippen LogP contribution in [0.25, 0.3) is 77.6 Å². The van der Waals surface area contributed by atoms with Gasteiger partial charge in [-0.05, 0) is 101 Å². The maximum Gasteiger partial charge on any atom is 0.255 e. The summed E-state index contributed by atoms with van der Waals surface area (Å²) >= 11 is 0. The number of aliphatic imine (C=N–C) groups is 1. The molecule has 0 saturated heterocycles. The number of pyridine rings is 1. The monoisotopic (exact) mass is 798 g/mol. The molecule has 0 saturated carbocycles. The van der Waals surface area contributed by atoms with E-state index >= 15 is 0 Å². The van der Waals surface area contributed by atoms with Gasteiger partial charge in [-0.15, -0.1) is 0 Å². The molecule has 0 aliphatic rings. The molecular weight excluding hydrogens is 759 g/mol. The number of nitrogens with zero attached hydrogens (tertiary/aromatic N) is 5. The first kappa shape index (κ1) is 36.7. The average molecular weight is 799 g/mol. The first-order valence-electron chi connectivity index (χ1n) is 20.8. The average Bonchev–Trinajstić information content (AvgIpc) is 3.87. The van der Waals surface area contributed by atoms with Crippen molar-refractivity contribution >= 4 is 44.9 Å². The molecule has 0 aliphatic carbocycles. The molecule has 6 nitrogen and oxygen atoms in total. The molecule has 0 atom stereocenters. The molecule has 0 radical (unpaired) electrons. The summed E-state index contributed by atoms with van der Waals surface area (Å²) in [6.07, 6.45) is 7.77. The highest BCUT2D eigenvalue weighted by molar-refractivity contribution is 6.11. The summed E-state index contributed by atoms with van der Waals surface area (Å²) in [4.78, 5) is 9.18. The highest BCUT2D eigenvalue weighted by Gasteiger charge is 2.25. The van der Waals surface area contributed by atoms with E-state index in [2.05, 4.69) is 214 Å². The Bertz CT molecular complexity index is 3380. The summed E-state index contributed by atoms with van der Waals surface area (Å²) in [6.45, 7) is 2.10. The molecule has 0 amide bonds. The number of ether oxygens (including phenoxy) is 1. The fraction of sp³-hybridized carbons (Fsp3) is 0.0179. The Morgan fingerprint density at radius 3 is 1.94 bits per heavy atom. The lowest BCUT2D eigenvalue weighted by Gasteiger charge is -2.13. The van der Waals surface area contributed by atoms with Crippen LogP contribution in [0, 0.1) is 6.92 Å². The highest BCUT2D eigenvalue weighted by atomic mass is 16.5. The van der Waals surface area contributed by atoms with Crippen LogP contribution in [0.4, 0.5) is 5.69 Å². The highest BCUT2D eigenvalue weighted by Crippen LogP contribution is 2.36. The number of hydrogen-bond donors (Lipinski definition) is 0. The quantitative estimate of drug-likeness (QED) is 0.0829. The Labute approximate surface area is 359 Å². The van der Waals surface area contributed by atoms with Crippen LogP contribution in [0.1, 0.15) is 5.56 Å². The van der Waals surface area contributed by atoms with Gasteiger partial charge in [0.15, 0.2) is 11.0 Å². The van der Waals surface area contributed by atoms with E-state index in [1.807, 2.05) is 36.9 Å². The molecule has 0 bridgehead atoms. The van der Waals surface area contributed by atoms with Gasteiger partial charge in [0.05, 0.1) is 16.7 Å². The fourth-order valence-electron chi connectivity index (χ4n) is 8.64. The van der Waals surface area contributed by atoms with Crippen molar-refractivity contribution in [3.63, 3.8) is 0 Å². The van der Waals surface area contributed by atoms with Crippen LogP contribution in [0.15, 0.2) is 224 Å². The van der Waals surface area contributed by atoms with E-state index in [1.165, 1.54) is 0 Å². The molecule has 0 aliphatic heterocycles. The molecule has 11 rings (SSSR count). The number of aryl methyl sites for hydroxylation is 1. The van der Waals surface area contributed by atoms with Crippen LogP contribution in [0.3, 0.4) is 0 Å². The van der Waals surface area contributed by atoms with Crippen molar-refractivity contribution in [2.75, 3.05) is 0 Å². The van der Waals surface area contributed by atoms with Crippen LogP contribution in [0.5, 0.6) is 11.5 Å². The number of aromatic nitrogens is 4. The van der Waals surface area contributed by atoms with Crippen molar-refractivity contribution in [3.8, 4) is 56.3 Å². The van der Waals surface area contributed by atoms with E-state index in [1.54, 1.807) is 0 Å². The van der Waals surface area contributed by atoms with Gasteiger partial charge in [0.1, 0.15) is 29.2 Å². The second kappa shape index (κ2) is 15.7. The summed E-state index contributed by atoms with van der Waals surface area (Å²) in [5, 5.41) is 2.29. The molecule has 62 heavy (non-hydrogen) atoms. The number of imidazole rings is 1. The lowest BCUT2D eigenvalue weighted by molar-refractivity contribution is -0.566. The van der Waals surface area contributed by atoms with Gasteiger partial charge in [0.25, 0.3) is 6.33 Å². The SMILES string of the molecule is Cc1cc(-c2ccncc2)ccc1/N=C/n1c2ccccc2c2ccc(Oc3cccc(-n4c[n+](-c5c(-c6ccccc6)cccc5-c5ccccc5)c5ccccc54)c3)cc21. The molecule has 3 aromatic heterocycles. The van der Waals surface area contributed by atoms with Crippen LogP contribution in [-0.4, -0.2) is 20.5 Å². The lowest BCUT2D eigenvalue weighted by Crippen LogP contribution is -2.30. The van der Waals surface area contributed by atoms with Crippen LogP contribution in [0.2, 0.25) is 0 Å². The van der Waals surface area contributed by atoms with Gasteiger partial charge in [-0.2, -0.15) is 9.13 Å². The Hall–Kier alpha value is -8.35. The number of hydrogen-bond acceptors (Lipinski definition) is 3. The Morgan fingerprint density at radius 1 is 0.516 bits per heavy atom. The molecule has 294 valence electrons. The van der Waals surface area contributed by atoms with Crippen LogP contribution < -0.4 is 9.30 Å². The molecule has 6 heteroatoms. The summed E-state index contributed by atoms with van der Waals surface area (Å²) in [6, 6.07) is 69.9. The number of benzene rings is 8. The smallest absolute Gasteiger partial charge is 0.255 e. The number of rotatable bonds is 9. The van der Waals surface area contributed by atoms with Crippen LogP contribution in [-0.2, 0) is 0 Å². The second-order valence-electron chi connectivity index (χ2n) is 15.4. The predicted molar refractivity (Wildman–Crippen MR) is 253 cm³/mol. The zero-order valence-corrected chi connectivity index (χ0v) is 34.0. The normalized spacial score (nSPS) is 11.6. The van der Waals surface area contributed by atoms with E-state index in [9.17, 15) is 0 Å². The summed E-state index contributed by atoms with van der Waals surface area (Å²) < 4.78 is 13.5. The van der Waals surface area contributed by atoms with Crippen molar-refractivity contribution in [1.82, 2.24) is 14.1 Å². The largest absolute Gasteiger partial charge is 0.457 e. The van der Waals surface area contributed by atoms with Gasteiger partial charge in [0.2, 0.25) is 0 Å². The summed E-state index contributed by atoms with van der Waals surface area (Å²) in [7, 11) is 0. The number of fused-ring (bicyclic) bond motifs is 4. The molecule has 3 heterocycles. The minimum Gasteiger partial charge on any atom is -0.457 e. The predicted octanol–water partition coefficient (Wildman–Crippen LogP) is 13.7. The first-order valence-corrected chi connectivity index (χ1v) is 20.8. The zero-order valence-electron chi connectivity index (χ0n) is 34.0. The minimum absolute atomic E-state index is 0.738. The molecular formula is C56H40N5O+. The van der Waals surface area contributed by atoms with E-state index in [-0.39, 0.29) is 0 Å². The third kappa shape index (κ3) is 6.70. The van der Waals surface area contributed by atoms with Gasteiger partial charge in [-0.3, -0.25) is 9.55 Å². The van der Waals surface area contributed by atoms with Crippen LogP contribution >= 0.6 is 0 Å². The third-order valence-electron chi connectivity index (χ3n) is 11.6. The van der Waals surface area contributed by atoms with E-state index in [0.717, 1.165) is 100 Å².